The van der Waals surface area contributed by atoms with E-state index in [-0.39, 0.29) is 11.7 Å². The van der Waals surface area contributed by atoms with Crippen LogP contribution in [0.1, 0.15) is 26.3 Å². The third kappa shape index (κ3) is 3.34. The minimum absolute atomic E-state index is 0.183. The Morgan fingerprint density at radius 2 is 1.24 bits per heavy atom. The Balaban J connectivity index is 2.04. The molecule has 0 saturated heterocycles. The topological polar surface area (TPSA) is 37.4 Å². The Hall–Kier alpha value is -3.64. The predicted octanol–water partition coefficient (Wildman–Crippen LogP) is 4.16. The van der Waals surface area contributed by atoms with Gasteiger partial charge in [0.1, 0.15) is 0 Å². The van der Waals surface area contributed by atoms with E-state index in [1.54, 1.807) is 72.8 Å². The van der Waals surface area contributed by atoms with Gasteiger partial charge in [-0.1, -0.05) is 67.1 Å². The van der Waals surface area contributed by atoms with E-state index in [0.717, 1.165) is 0 Å². The van der Waals surface area contributed by atoms with E-state index in [0.29, 0.717) is 22.4 Å². The lowest BCUT2D eigenvalue weighted by Crippen LogP contribution is -2.27. The van der Waals surface area contributed by atoms with Crippen LogP contribution in [0.3, 0.4) is 0 Å². The Morgan fingerprint density at radius 1 is 0.720 bits per heavy atom. The van der Waals surface area contributed by atoms with Crippen LogP contribution in [0.15, 0.2) is 84.9 Å². The lowest BCUT2D eigenvalue weighted by atomic mass is 10.0. The van der Waals surface area contributed by atoms with Crippen LogP contribution in [0.4, 0.5) is 5.69 Å². The molecule has 0 unspecified atom stereocenters. The fraction of sp³-hybridized carbons (Fsp3) is 0. The van der Waals surface area contributed by atoms with Gasteiger partial charge in [0.2, 0.25) is 0 Å². The first kappa shape index (κ1) is 16.2. The smallest absolute Gasteiger partial charge is 0.270 e. The summed E-state index contributed by atoms with van der Waals surface area (Å²) in [6, 6.07) is 26.9. The van der Waals surface area contributed by atoms with E-state index >= 15 is 0 Å². The molecule has 0 bridgehead atoms. The van der Waals surface area contributed by atoms with Crippen LogP contribution in [0.5, 0.6) is 0 Å². The van der Waals surface area contributed by atoms with Gasteiger partial charge in [-0.2, -0.15) is 0 Å². The van der Waals surface area contributed by atoms with E-state index in [1.807, 2.05) is 12.1 Å². The lowest BCUT2D eigenvalue weighted by Gasteiger charge is -2.19. The molecule has 120 valence electrons. The first-order valence-electron chi connectivity index (χ1n) is 7.77. The second-order valence-corrected chi connectivity index (χ2v) is 5.35. The molecular weight excluding hydrogens is 310 g/mol. The molecule has 0 aliphatic carbocycles. The van der Waals surface area contributed by atoms with Gasteiger partial charge >= 0.3 is 0 Å². The number of hydrogen-bond acceptors (Lipinski definition) is 2. The van der Waals surface area contributed by atoms with Crippen molar-refractivity contribution in [1.82, 2.24) is 0 Å². The highest BCUT2D eigenvalue weighted by molar-refractivity contribution is 6.16. The number of para-hydroxylation sites is 1. The van der Waals surface area contributed by atoms with Crippen molar-refractivity contribution in [3.05, 3.63) is 102 Å². The predicted molar refractivity (Wildman–Crippen MR) is 98.4 cm³/mol. The van der Waals surface area contributed by atoms with Crippen LogP contribution in [0, 0.1) is 12.5 Å². The average Bonchev–Trinajstić information content (AvgIpc) is 2.69. The number of carbonyl (C=O) groups is 2. The third-order valence-electron chi connectivity index (χ3n) is 3.78. The summed E-state index contributed by atoms with van der Waals surface area (Å²) in [6.45, 7) is 0. The molecule has 0 heterocycles. The summed E-state index contributed by atoms with van der Waals surface area (Å²) in [4.78, 5) is 26.8. The SMILES string of the molecule is C#CN(C(=O)c1ccccc1)c1ccccc1C(=O)c1ccccc1. The summed E-state index contributed by atoms with van der Waals surface area (Å²) in [5.74, 6) is -0.534. The molecule has 0 atom stereocenters. The van der Waals surface area contributed by atoms with E-state index in [1.165, 1.54) is 4.90 Å². The first-order chi connectivity index (χ1) is 12.2. The van der Waals surface area contributed by atoms with E-state index in [9.17, 15) is 9.59 Å². The second-order valence-electron chi connectivity index (χ2n) is 5.35. The molecule has 0 aliphatic heterocycles. The molecule has 3 aromatic rings. The van der Waals surface area contributed by atoms with Gasteiger partial charge in [-0.15, -0.1) is 0 Å². The van der Waals surface area contributed by atoms with E-state index < -0.39 is 0 Å². The molecule has 3 nitrogen and oxygen atoms in total. The van der Waals surface area contributed by atoms with Gasteiger partial charge < -0.3 is 0 Å². The minimum atomic E-state index is -0.351. The van der Waals surface area contributed by atoms with Gasteiger partial charge in [-0.25, -0.2) is 4.90 Å². The zero-order valence-corrected chi connectivity index (χ0v) is 13.4. The first-order valence-corrected chi connectivity index (χ1v) is 7.77. The third-order valence-corrected chi connectivity index (χ3v) is 3.78. The van der Waals surface area contributed by atoms with Gasteiger partial charge in [-0.3, -0.25) is 9.59 Å². The fourth-order valence-corrected chi connectivity index (χ4v) is 2.55. The van der Waals surface area contributed by atoms with E-state index in [2.05, 4.69) is 6.04 Å². The van der Waals surface area contributed by atoms with Crippen molar-refractivity contribution in [3.8, 4) is 12.5 Å². The molecule has 0 fully saturated rings. The van der Waals surface area contributed by atoms with Crippen molar-refractivity contribution < 1.29 is 9.59 Å². The van der Waals surface area contributed by atoms with Crippen molar-refractivity contribution in [2.45, 2.75) is 0 Å². The molecule has 3 aromatic carbocycles. The number of ketones is 1. The second kappa shape index (κ2) is 7.29. The molecular formula is C22H15NO2. The van der Waals surface area contributed by atoms with Gasteiger partial charge in [0, 0.05) is 22.7 Å². The Bertz CT molecular complexity index is 941. The number of benzene rings is 3. The summed E-state index contributed by atoms with van der Waals surface area (Å²) >= 11 is 0. The highest BCUT2D eigenvalue weighted by Crippen LogP contribution is 2.24. The highest BCUT2D eigenvalue weighted by atomic mass is 16.2. The number of nitrogens with zero attached hydrogens (tertiary/aromatic N) is 1. The molecule has 0 aliphatic rings. The zero-order chi connectivity index (χ0) is 17.6. The van der Waals surface area contributed by atoms with Crippen LogP contribution in [0.25, 0.3) is 0 Å². The zero-order valence-electron chi connectivity index (χ0n) is 13.4. The van der Waals surface area contributed by atoms with Gasteiger partial charge in [0.15, 0.2) is 5.78 Å². The van der Waals surface area contributed by atoms with Gasteiger partial charge in [0.05, 0.1) is 5.69 Å². The summed E-state index contributed by atoms with van der Waals surface area (Å²) in [7, 11) is 0. The van der Waals surface area contributed by atoms with Crippen LogP contribution < -0.4 is 4.90 Å². The number of carbonyl (C=O) groups excluding carboxylic acids is 2. The van der Waals surface area contributed by atoms with Crippen molar-refractivity contribution in [2.75, 3.05) is 4.90 Å². The van der Waals surface area contributed by atoms with Crippen molar-refractivity contribution in [1.29, 1.82) is 0 Å². The van der Waals surface area contributed by atoms with E-state index in [4.69, 9.17) is 6.42 Å². The fourth-order valence-electron chi connectivity index (χ4n) is 2.55. The number of terminal acetylenes is 1. The molecule has 0 saturated carbocycles. The van der Waals surface area contributed by atoms with Gasteiger partial charge in [0.25, 0.3) is 5.91 Å². The summed E-state index contributed by atoms with van der Waals surface area (Å²) < 4.78 is 0. The Kier molecular flexibility index (Phi) is 4.73. The molecule has 3 rings (SSSR count). The molecule has 0 N–H and O–H groups in total. The lowest BCUT2D eigenvalue weighted by molar-refractivity contribution is 0.1000. The number of amides is 1. The normalized spacial score (nSPS) is 9.88. The molecule has 0 spiro atoms. The maximum atomic E-state index is 12.8. The number of rotatable bonds is 4. The summed E-state index contributed by atoms with van der Waals surface area (Å²) in [5.41, 5.74) is 1.78. The maximum absolute atomic E-state index is 12.8. The maximum Gasteiger partial charge on any atom is 0.270 e. The minimum Gasteiger partial charge on any atom is -0.289 e. The van der Waals surface area contributed by atoms with Gasteiger partial charge in [-0.05, 0) is 24.3 Å². The Morgan fingerprint density at radius 3 is 1.84 bits per heavy atom. The molecule has 3 heteroatoms. The van der Waals surface area contributed by atoms with Crippen LogP contribution in [-0.4, -0.2) is 11.7 Å². The largest absolute Gasteiger partial charge is 0.289 e. The quantitative estimate of drug-likeness (QED) is 0.410. The number of anilines is 1. The molecule has 25 heavy (non-hydrogen) atoms. The summed E-state index contributed by atoms with van der Waals surface area (Å²) in [6.07, 6.45) is 5.59. The molecule has 1 amide bonds. The Labute approximate surface area is 146 Å². The molecule has 0 aromatic heterocycles. The summed E-state index contributed by atoms with van der Waals surface area (Å²) in [5, 5.41) is 0. The van der Waals surface area contributed by atoms with Crippen molar-refractivity contribution in [3.63, 3.8) is 0 Å². The average molecular weight is 325 g/mol. The standard InChI is InChI=1S/C22H15NO2/c1-2-23(22(25)18-13-7-4-8-14-18)20-16-10-9-15-19(20)21(24)17-11-5-3-6-12-17/h1,3-16H. The van der Waals surface area contributed by atoms with Crippen molar-refractivity contribution >= 4 is 17.4 Å². The van der Waals surface area contributed by atoms with Crippen LogP contribution >= 0.6 is 0 Å². The van der Waals surface area contributed by atoms with Crippen LogP contribution in [-0.2, 0) is 0 Å². The monoisotopic (exact) mass is 325 g/mol. The highest BCUT2D eigenvalue weighted by Gasteiger charge is 2.22. The van der Waals surface area contributed by atoms with Crippen molar-refractivity contribution in [2.24, 2.45) is 0 Å². The molecule has 0 radical (unpaired) electrons. The number of hydrogen-bond donors (Lipinski definition) is 0. The van der Waals surface area contributed by atoms with Crippen LogP contribution in [0.2, 0.25) is 0 Å².